The first-order valence-electron chi connectivity index (χ1n) is 7.09. The number of hydrogen-bond donors (Lipinski definition) is 0. The smallest absolute Gasteiger partial charge is 0.273 e. The molecule has 112 valence electrons. The second kappa shape index (κ2) is 4.96. The maximum atomic E-state index is 12.5. The second-order valence-corrected chi connectivity index (χ2v) is 6.84. The maximum Gasteiger partial charge on any atom is 0.273 e. The number of ketones is 1. The lowest BCUT2D eigenvalue weighted by molar-refractivity contribution is -0.355. The Morgan fingerprint density at radius 2 is 1.68 bits per heavy atom. The van der Waals surface area contributed by atoms with E-state index in [-0.39, 0.29) is 22.5 Å². The molecule has 2 aromatic rings. The van der Waals surface area contributed by atoms with Gasteiger partial charge in [0.05, 0.1) is 10.6 Å². The van der Waals surface area contributed by atoms with Gasteiger partial charge in [-0.15, -0.1) is 0 Å². The first-order valence-corrected chi connectivity index (χ1v) is 7.47. The summed E-state index contributed by atoms with van der Waals surface area (Å²) in [6.45, 7) is 6.35. The van der Waals surface area contributed by atoms with Crippen molar-refractivity contribution in [2.45, 2.75) is 26.2 Å². The van der Waals surface area contributed by atoms with Crippen molar-refractivity contribution in [2.75, 3.05) is 0 Å². The molecule has 0 saturated heterocycles. The Morgan fingerprint density at radius 1 is 1.05 bits per heavy atom. The third-order valence-corrected chi connectivity index (χ3v) is 4.19. The molecule has 0 aliphatic carbocycles. The monoisotopic (exact) mass is 313 g/mol. The summed E-state index contributed by atoms with van der Waals surface area (Å²) in [5.41, 5.74) is 2.51. The van der Waals surface area contributed by atoms with E-state index in [0.717, 1.165) is 5.56 Å². The van der Waals surface area contributed by atoms with Crippen molar-refractivity contribution in [2.24, 2.45) is 0 Å². The Labute approximate surface area is 134 Å². The quantitative estimate of drug-likeness (QED) is 0.576. The van der Waals surface area contributed by atoms with Crippen molar-refractivity contribution in [3.8, 4) is 0 Å². The second-order valence-electron chi connectivity index (χ2n) is 6.43. The standard InChI is InChI=1S/C18H16ClNO2/c1-18(2,3)12-9-7-11(8-10-12)16-17(21)15-13(19)5-4-6-14(15)20(16)22/h4-10H,1-3H3. The number of carbonyl (C=O) groups excluding carboxylic acids is 1. The van der Waals surface area contributed by atoms with E-state index in [4.69, 9.17) is 11.6 Å². The van der Waals surface area contributed by atoms with Gasteiger partial charge in [0.1, 0.15) is 5.56 Å². The topological polar surface area (TPSA) is 43.1 Å². The summed E-state index contributed by atoms with van der Waals surface area (Å²) in [5, 5.41) is 12.8. The molecule has 0 unspecified atom stereocenters. The molecule has 0 radical (unpaired) electrons. The molecule has 0 bridgehead atoms. The summed E-state index contributed by atoms with van der Waals surface area (Å²) >= 11 is 6.07. The molecular weight excluding hydrogens is 298 g/mol. The number of nitrogens with zero attached hydrogens (tertiary/aromatic N) is 1. The van der Waals surface area contributed by atoms with E-state index in [1.165, 1.54) is 0 Å². The van der Waals surface area contributed by atoms with E-state index < -0.39 is 0 Å². The minimum absolute atomic E-state index is 0.0201. The molecule has 3 nitrogen and oxygen atoms in total. The number of halogens is 1. The third-order valence-electron chi connectivity index (χ3n) is 3.88. The molecule has 0 N–H and O–H groups in total. The lowest BCUT2D eigenvalue weighted by atomic mass is 9.86. The minimum atomic E-state index is -0.320. The predicted octanol–water partition coefficient (Wildman–Crippen LogP) is 4.46. The van der Waals surface area contributed by atoms with Crippen molar-refractivity contribution in [1.29, 1.82) is 0 Å². The van der Waals surface area contributed by atoms with Gasteiger partial charge in [-0.3, -0.25) is 4.79 Å². The number of carbonyl (C=O) groups is 1. The zero-order valence-corrected chi connectivity index (χ0v) is 13.4. The van der Waals surface area contributed by atoms with Gasteiger partial charge >= 0.3 is 0 Å². The maximum absolute atomic E-state index is 12.5. The fourth-order valence-electron chi connectivity index (χ4n) is 2.61. The van der Waals surface area contributed by atoms with Crippen LogP contribution in [0.25, 0.3) is 0 Å². The van der Waals surface area contributed by atoms with E-state index in [2.05, 4.69) is 20.8 Å². The molecule has 1 aliphatic heterocycles. The van der Waals surface area contributed by atoms with Crippen LogP contribution in [0.3, 0.4) is 0 Å². The van der Waals surface area contributed by atoms with Crippen molar-refractivity contribution >= 4 is 28.8 Å². The Hall–Kier alpha value is -2.13. The van der Waals surface area contributed by atoms with Gasteiger partial charge in [0.2, 0.25) is 5.69 Å². The lowest BCUT2D eigenvalue weighted by Gasteiger charge is -2.18. The average molecular weight is 314 g/mol. The zero-order chi connectivity index (χ0) is 16.1. The van der Waals surface area contributed by atoms with Crippen LogP contribution in [0, 0.1) is 5.21 Å². The summed E-state index contributed by atoms with van der Waals surface area (Å²) in [5.74, 6) is -0.320. The molecule has 0 spiro atoms. The van der Waals surface area contributed by atoms with Gasteiger partial charge in [-0.25, -0.2) is 0 Å². The molecule has 1 aliphatic rings. The predicted molar refractivity (Wildman–Crippen MR) is 88.3 cm³/mol. The van der Waals surface area contributed by atoms with Crippen LogP contribution in [0.2, 0.25) is 5.02 Å². The Bertz CT molecular complexity index is 799. The lowest BCUT2D eigenvalue weighted by Crippen LogP contribution is -2.17. The normalized spacial score (nSPS) is 14.5. The highest BCUT2D eigenvalue weighted by atomic mass is 35.5. The van der Waals surface area contributed by atoms with E-state index in [9.17, 15) is 10.0 Å². The summed E-state index contributed by atoms with van der Waals surface area (Å²) < 4.78 is 0.676. The van der Waals surface area contributed by atoms with Crippen LogP contribution in [-0.4, -0.2) is 16.2 Å². The van der Waals surface area contributed by atoms with E-state index in [1.54, 1.807) is 18.2 Å². The summed E-state index contributed by atoms with van der Waals surface area (Å²) in [6.07, 6.45) is 0. The molecule has 22 heavy (non-hydrogen) atoms. The highest BCUT2D eigenvalue weighted by Gasteiger charge is 2.38. The molecule has 4 heteroatoms. The van der Waals surface area contributed by atoms with Crippen LogP contribution in [0.4, 0.5) is 5.69 Å². The van der Waals surface area contributed by atoms with Crippen LogP contribution < -0.4 is 0 Å². The molecule has 0 amide bonds. The fraction of sp³-hybridized carbons (Fsp3) is 0.222. The van der Waals surface area contributed by atoms with Crippen LogP contribution in [0.5, 0.6) is 0 Å². The number of fused-ring (bicyclic) bond motifs is 1. The molecule has 3 rings (SSSR count). The molecule has 1 heterocycles. The van der Waals surface area contributed by atoms with Crippen LogP contribution in [0.1, 0.15) is 42.3 Å². The van der Waals surface area contributed by atoms with Gasteiger partial charge in [-0.05, 0) is 29.2 Å². The van der Waals surface area contributed by atoms with E-state index in [1.807, 2.05) is 24.3 Å². The Balaban J connectivity index is 2.09. The summed E-state index contributed by atoms with van der Waals surface area (Å²) in [7, 11) is 0. The Kier molecular flexibility index (Phi) is 3.33. The third kappa shape index (κ3) is 2.22. The first-order chi connectivity index (χ1) is 10.3. The highest BCUT2D eigenvalue weighted by molar-refractivity contribution is 6.54. The van der Waals surface area contributed by atoms with Gasteiger partial charge in [0, 0.05) is 6.07 Å². The van der Waals surface area contributed by atoms with Crippen molar-refractivity contribution in [3.05, 3.63) is 69.4 Å². The first kappa shape index (κ1) is 14.8. The molecule has 2 aromatic carbocycles. The molecular formula is C18H16ClNO2. The average Bonchev–Trinajstić information content (AvgIpc) is 2.71. The van der Waals surface area contributed by atoms with Crippen molar-refractivity contribution < 1.29 is 9.53 Å². The zero-order valence-electron chi connectivity index (χ0n) is 12.7. The number of Topliss-reactive ketones (excluding diaryl/α,β-unsaturated/α-hetero) is 1. The van der Waals surface area contributed by atoms with E-state index in [0.29, 0.717) is 21.0 Å². The molecule has 0 saturated carbocycles. The van der Waals surface area contributed by atoms with Crippen molar-refractivity contribution in [3.63, 3.8) is 0 Å². The van der Waals surface area contributed by atoms with E-state index >= 15 is 0 Å². The van der Waals surface area contributed by atoms with Gasteiger partial charge in [0.15, 0.2) is 0 Å². The van der Waals surface area contributed by atoms with Crippen LogP contribution in [-0.2, 0) is 5.41 Å². The highest BCUT2D eigenvalue weighted by Crippen LogP contribution is 2.33. The number of rotatable bonds is 1. The number of benzene rings is 2. The van der Waals surface area contributed by atoms with Gasteiger partial charge in [-0.1, -0.05) is 50.6 Å². The summed E-state index contributed by atoms with van der Waals surface area (Å²) in [6, 6.07) is 12.4. The molecule has 0 fully saturated rings. The fourth-order valence-corrected chi connectivity index (χ4v) is 2.87. The van der Waals surface area contributed by atoms with Gasteiger partial charge < -0.3 is 5.21 Å². The summed E-state index contributed by atoms with van der Waals surface area (Å²) in [4.78, 5) is 12.5. The van der Waals surface area contributed by atoms with Gasteiger partial charge in [0.25, 0.3) is 11.5 Å². The van der Waals surface area contributed by atoms with Crippen molar-refractivity contribution in [1.82, 2.24) is 0 Å². The minimum Gasteiger partial charge on any atom is -0.618 e. The van der Waals surface area contributed by atoms with Crippen LogP contribution in [0.15, 0.2) is 42.5 Å². The molecule has 0 aromatic heterocycles. The Morgan fingerprint density at radius 3 is 2.23 bits per heavy atom. The SMILES string of the molecule is CC(C)(C)c1ccc(C2=[N+]([O-])c3cccc(Cl)c3C2=O)cc1. The largest absolute Gasteiger partial charge is 0.618 e. The molecule has 0 atom stereocenters. The number of hydrogen-bond acceptors (Lipinski definition) is 2. The van der Waals surface area contributed by atoms with Gasteiger partial charge in [-0.2, -0.15) is 4.74 Å². The van der Waals surface area contributed by atoms with Crippen LogP contribution >= 0.6 is 11.6 Å².